The van der Waals surface area contributed by atoms with E-state index in [-0.39, 0.29) is 23.4 Å². The predicted molar refractivity (Wildman–Crippen MR) is 97.1 cm³/mol. The lowest BCUT2D eigenvalue weighted by Gasteiger charge is -2.30. The molecule has 25 heavy (non-hydrogen) atoms. The van der Waals surface area contributed by atoms with Gasteiger partial charge in [-0.1, -0.05) is 25.7 Å². The summed E-state index contributed by atoms with van der Waals surface area (Å²) in [5.41, 5.74) is 0. The fourth-order valence-corrected chi connectivity index (χ4v) is 4.33. The monoisotopic (exact) mass is 368 g/mol. The summed E-state index contributed by atoms with van der Waals surface area (Å²) < 4.78 is 32.3. The molecule has 0 spiro atoms. The minimum absolute atomic E-state index is 0.00976. The molecule has 1 N–H and O–H groups in total. The van der Waals surface area contributed by atoms with Crippen LogP contribution >= 0.6 is 0 Å². The standard InChI is InChI=1S/C18H28N2O4S/c1-15(21)20(16-7-5-3-4-6-8-16)14-13-19-25(22,23)18-11-9-17(24-2)10-12-18/h9-12,16,19H,3-8,13-14H2,1-2H3. The number of amides is 1. The largest absolute Gasteiger partial charge is 0.497 e. The average Bonchev–Trinajstić information content (AvgIpc) is 2.87. The van der Waals surface area contributed by atoms with Crippen LogP contribution in [-0.2, 0) is 14.8 Å². The number of benzene rings is 1. The molecule has 0 bridgehead atoms. The van der Waals surface area contributed by atoms with Gasteiger partial charge in [-0.15, -0.1) is 0 Å². The highest BCUT2D eigenvalue weighted by Gasteiger charge is 2.22. The SMILES string of the molecule is COc1ccc(S(=O)(=O)NCCN(C(C)=O)C2CCCCCC2)cc1. The smallest absolute Gasteiger partial charge is 0.240 e. The molecule has 0 atom stereocenters. The van der Waals surface area contributed by atoms with Crippen LogP contribution in [0.15, 0.2) is 29.2 Å². The number of nitrogens with one attached hydrogen (secondary N) is 1. The van der Waals surface area contributed by atoms with Gasteiger partial charge in [-0.25, -0.2) is 13.1 Å². The minimum atomic E-state index is -3.59. The topological polar surface area (TPSA) is 75.7 Å². The van der Waals surface area contributed by atoms with Crippen LogP contribution in [0.3, 0.4) is 0 Å². The highest BCUT2D eigenvalue weighted by molar-refractivity contribution is 7.89. The van der Waals surface area contributed by atoms with E-state index >= 15 is 0 Å². The number of sulfonamides is 1. The molecule has 1 fully saturated rings. The summed E-state index contributed by atoms with van der Waals surface area (Å²) in [5, 5.41) is 0. The van der Waals surface area contributed by atoms with Crippen molar-refractivity contribution in [2.24, 2.45) is 0 Å². The maximum atomic E-state index is 12.4. The van der Waals surface area contributed by atoms with E-state index in [1.165, 1.54) is 32.1 Å². The van der Waals surface area contributed by atoms with Crippen LogP contribution in [0.25, 0.3) is 0 Å². The number of rotatable bonds is 7. The first-order chi connectivity index (χ1) is 11.9. The Bertz CT molecular complexity index is 650. The van der Waals surface area contributed by atoms with Crippen LogP contribution in [0.5, 0.6) is 5.75 Å². The highest BCUT2D eigenvalue weighted by Crippen LogP contribution is 2.22. The van der Waals surface area contributed by atoms with Gasteiger partial charge in [0, 0.05) is 26.1 Å². The molecule has 140 valence electrons. The molecular formula is C18H28N2O4S. The van der Waals surface area contributed by atoms with Crippen molar-refractivity contribution >= 4 is 15.9 Å². The molecular weight excluding hydrogens is 340 g/mol. The van der Waals surface area contributed by atoms with Crippen molar-refractivity contribution in [3.63, 3.8) is 0 Å². The number of ether oxygens (including phenoxy) is 1. The number of hydrogen-bond donors (Lipinski definition) is 1. The van der Waals surface area contributed by atoms with E-state index in [2.05, 4.69) is 4.72 Å². The third-order valence-electron chi connectivity index (χ3n) is 4.68. The van der Waals surface area contributed by atoms with Gasteiger partial charge in [-0.2, -0.15) is 0 Å². The van der Waals surface area contributed by atoms with Crippen molar-refractivity contribution < 1.29 is 17.9 Å². The zero-order valence-electron chi connectivity index (χ0n) is 15.0. The Morgan fingerprint density at radius 2 is 1.76 bits per heavy atom. The van der Waals surface area contributed by atoms with Crippen molar-refractivity contribution in [1.82, 2.24) is 9.62 Å². The fraction of sp³-hybridized carbons (Fsp3) is 0.611. The van der Waals surface area contributed by atoms with Crippen molar-refractivity contribution in [3.05, 3.63) is 24.3 Å². The van der Waals surface area contributed by atoms with Crippen LogP contribution < -0.4 is 9.46 Å². The molecule has 7 heteroatoms. The second-order valence-electron chi connectivity index (χ2n) is 6.43. The molecule has 0 aromatic heterocycles. The Labute approximate surface area is 150 Å². The van der Waals surface area contributed by atoms with Crippen molar-refractivity contribution in [2.45, 2.75) is 56.4 Å². The Morgan fingerprint density at radius 1 is 1.16 bits per heavy atom. The molecule has 0 heterocycles. The van der Waals surface area contributed by atoms with Crippen molar-refractivity contribution in [2.75, 3.05) is 20.2 Å². The molecule has 1 aliphatic carbocycles. The number of methoxy groups -OCH3 is 1. The summed E-state index contributed by atoms with van der Waals surface area (Å²) in [6.07, 6.45) is 6.70. The average molecular weight is 368 g/mol. The summed E-state index contributed by atoms with van der Waals surface area (Å²) >= 11 is 0. The first kappa shape index (κ1) is 19.7. The Morgan fingerprint density at radius 3 is 2.28 bits per heavy atom. The summed E-state index contributed by atoms with van der Waals surface area (Å²) in [7, 11) is -2.05. The second-order valence-corrected chi connectivity index (χ2v) is 8.20. The number of carbonyl (C=O) groups excluding carboxylic acids is 1. The summed E-state index contributed by atoms with van der Waals surface area (Å²) in [4.78, 5) is 14.0. The first-order valence-corrected chi connectivity index (χ1v) is 10.3. The van der Waals surface area contributed by atoms with Gasteiger partial charge in [0.05, 0.1) is 12.0 Å². The molecule has 0 radical (unpaired) electrons. The fourth-order valence-electron chi connectivity index (χ4n) is 3.31. The van der Waals surface area contributed by atoms with Gasteiger partial charge in [0.25, 0.3) is 0 Å². The predicted octanol–water partition coefficient (Wildman–Crippen LogP) is 2.54. The Balaban J connectivity index is 1.94. The van der Waals surface area contributed by atoms with E-state index in [1.54, 1.807) is 19.1 Å². The molecule has 6 nitrogen and oxygen atoms in total. The number of nitrogens with zero attached hydrogens (tertiary/aromatic N) is 1. The molecule has 0 unspecified atom stereocenters. The lowest BCUT2D eigenvalue weighted by Crippen LogP contribution is -2.43. The van der Waals surface area contributed by atoms with Crippen LogP contribution in [0.4, 0.5) is 0 Å². The Hall–Kier alpha value is -1.60. The lowest BCUT2D eigenvalue weighted by molar-refractivity contribution is -0.131. The first-order valence-electron chi connectivity index (χ1n) is 8.85. The molecule has 0 saturated heterocycles. The zero-order valence-corrected chi connectivity index (χ0v) is 15.8. The minimum Gasteiger partial charge on any atom is -0.497 e. The van der Waals surface area contributed by atoms with Crippen molar-refractivity contribution in [1.29, 1.82) is 0 Å². The summed E-state index contributed by atoms with van der Waals surface area (Å²) in [6.45, 7) is 2.17. The van der Waals surface area contributed by atoms with Crippen molar-refractivity contribution in [3.8, 4) is 5.75 Å². The molecule has 1 aromatic rings. The van der Waals surface area contributed by atoms with E-state index in [1.807, 2.05) is 4.90 Å². The molecule has 1 aliphatic rings. The van der Waals surface area contributed by atoms with Gasteiger partial charge in [-0.05, 0) is 37.1 Å². The van der Waals surface area contributed by atoms with Crippen LogP contribution in [0.2, 0.25) is 0 Å². The quantitative estimate of drug-likeness (QED) is 0.751. The second kappa shape index (κ2) is 9.20. The summed E-state index contributed by atoms with van der Waals surface area (Å²) in [6, 6.07) is 6.47. The summed E-state index contributed by atoms with van der Waals surface area (Å²) in [5.74, 6) is 0.616. The van der Waals surface area contributed by atoms with E-state index in [4.69, 9.17) is 4.74 Å². The third-order valence-corrected chi connectivity index (χ3v) is 6.16. The number of carbonyl (C=O) groups is 1. The van der Waals surface area contributed by atoms with E-state index in [0.717, 1.165) is 25.7 Å². The van der Waals surface area contributed by atoms with E-state index < -0.39 is 10.0 Å². The van der Waals surface area contributed by atoms with E-state index in [0.29, 0.717) is 12.3 Å². The molecule has 1 saturated carbocycles. The normalized spacial score (nSPS) is 16.2. The van der Waals surface area contributed by atoms with Crippen LogP contribution in [0.1, 0.15) is 45.4 Å². The molecule has 0 aliphatic heterocycles. The van der Waals surface area contributed by atoms with Gasteiger partial charge in [0.2, 0.25) is 15.9 Å². The maximum absolute atomic E-state index is 12.4. The van der Waals surface area contributed by atoms with Crippen LogP contribution in [0, 0.1) is 0 Å². The van der Waals surface area contributed by atoms with Gasteiger partial charge in [0.1, 0.15) is 5.75 Å². The van der Waals surface area contributed by atoms with Crippen LogP contribution in [-0.4, -0.2) is 45.5 Å². The molecule has 2 rings (SSSR count). The Kier molecular flexibility index (Phi) is 7.25. The lowest BCUT2D eigenvalue weighted by atomic mass is 10.1. The molecule has 1 aromatic carbocycles. The van der Waals surface area contributed by atoms with E-state index in [9.17, 15) is 13.2 Å². The van der Waals surface area contributed by atoms with Gasteiger partial charge < -0.3 is 9.64 Å². The van der Waals surface area contributed by atoms with Gasteiger partial charge in [0.15, 0.2) is 0 Å². The number of hydrogen-bond acceptors (Lipinski definition) is 4. The highest BCUT2D eigenvalue weighted by atomic mass is 32.2. The third kappa shape index (κ3) is 5.71. The zero-order chi connectivity index (χ0) is 18.3. The molecule has 1 amide bonds. The maximum Gasteiger partial charge on any atom is 0.240 e. The van der Waals surface area contributed by atoms with Gasteiger partial charge in [-0.3, -0.25) is 4.79 Å². The van der Waals surface area contributed by atoms with Gasteiger partial charge >= 0.3 is 0 Å².